The summed E-state index contributed by atoms with van der Waals surface area (Å²) in [6.45, 7) is 2.08. The van der Waals surface area contributed by atoms with E-state index in [2.05, 4.69) is 20.9 Å². The Bertz CT molecular complexity index is 511. The van der Waals surface area contributed by atoms with E-state index < -0.39 is 0 Å². The van der Waals surface area contributed by atoms with Crippen molar-refractivity contribution in [2.45, 2.75) is 13.5 Å². The third kappa shape index (κ3) is 2.01. The fourth-order valence-electron chi connectivity index (χ4n) is 1.69. The molecule has 0 unspecified atom stereocenters. The number of hydrogen-bond acceptors (Lipinski definition) is 2. The smallest absolute Gasteiger partial charge is 0.0687 e. The van der Waals surface area contributed by atoms with Gasteiger partial charge in [-0.05, 0) is 39.5 Å². The Kier molecular flexibility index (Phi) is 3.36. The van der Waals surface area contributed by atoms with Crippen molar-refractivity contribution >= 4 is 15.9 Å². The lowest BCUT2D eigenvalue weighted by atomic mass is 9.98. The number of halogens is 1. The number of benzene rings is 1. The van der Waals surface area contributed by atoms with Crippen LogP contribution < -0.4 is 0 Å². The molecular formula is C13H12BrNO. The van der Waals surface area contributed by atoms with Crippen LogP contribution in [0, 0.1) is 6.92 Å². The molecular weight excluding hydrogens is 266 g/mol. The lowest BCUT2D eigenvalue weighted by Gasteiger charge is -2.10. The summed E-state index contributed by atoms with van der Waals surface area (Å²) in [7, 11) is 0. The van der Waals surface area contributed by atoms with Gasteiger partial charge in [0.25, 0.3) is 0 Å². The van der Waals surface area contributed by atoms with Crippen molar-refractivity contribution in [2.75, 3.05) is 0 Å². The van der Waals surface area contributed by atoms with E-state index in [1.54, 1.807) is 6.20 Å². The summed E-state index contributed by atoms with van der Waals surface area (Å²) < 4.78 is 0.984. The van der Waals surface area contributed by atoms with Crippen LogP contribution in [-0.4, -0.2) is 10.1 Å². The molecule has 2 nitrogen and oxygen atoms in total. The fraction of sp³-hybridized carbons (Fsp3) is 0.154. The number of aromatic nitrogens is 1. The van der Waals surface area contributed by atoms with Crippen LogP contribution in [-0.2, 0) is 6.61 Å². The maximum absolute atomic E-state index is 9.31. The summed E-state index contributed by atoms with van der Waals surface area (Å²) in [5.41, 5.74) is 4.15. The Hall–Kier alpha value is -1.19. The highest BCUT2D eigenvalue weighted by Crippen LogP contribution is 2.29. The number of aliphatic hydroxyl groups excluding tert-OH is 1. The molecule has 0 amide bonds. The average Bonchev–Trinajstić information content (AvgIpc) is 2.33. The van der Waals surface area contributed by atoms with E-state index in [0.29, 0.717) is 0 Å². The monoisotopic (exact) mass is 277 g/mol. The van der Waals surface area contributed by atoms with Crippen molar-refractivity contribution in [2.24, 2.45) is 0 Å². The molecule has 3 heteroatoms. The van der Waals surface area contributed by atoms with Crippen LogP contribution in [0.25, 0.3) is 11.1 Å². The molecule has 82 valence electrons. The predicted molar refractivity (Wildman–Crippen MR) is 68.0 cm³/mol. The second kappa shape index (κ2) is 4.76. The SMILES string of the molecule is Cc1c(Br)cncc1-c1ccccc1CO. The van der Waals surface area contributed by atoms with E-state index in [-0.39, 0.29) is 6.61 Å². The first-order chi connectivity index (χ1) is 7.74. The Labute approximate surface area is 103 Å². The minimum atomic E-state index is 0.0438. The number of nitrogens with zero attached hydrogens (tertiary/aromatic N) is 1. The van der Waals surface area contributed by atoms with Crippen LogP contribution in [0.2, 0.25) is 0 Å². The van der Waals surface area contributed by atoms with Gasteiger partial charge in [0, 0.05) is 22.4 Å². The van der Waals surface area contributed by atoms with Gasteiger partial charge in [0.2, 0.25) is 0 Å². The quantitative estimate of drug-likeness (QED) is 0.914. The molecule has 0 aliphatic rings. The summed E-state index contributed by atoms with van der Waals surface area (Å²) in [5, 5.41) is 9.31. The van der Waals surface area contributed by atoms with Crippen molar-refractivity contribution in [3.05, 3.63) is 52.3 Å². The molecule has 1 heterocycles. The molecule has 0 fully saturated rings. The highest BCUT2D eigenvalue weighted by molar-refractivity contribution is 9.10. The first kappa shape index (κ1) is 11.3. The van der Waals surface area contributed by atoms with Crippen molar-refractivity contribution in [3.8, 4) is 11.1 Å². The van der Waals surface area contributed by atoms with E-state index in [4.69, 9.17) is 0 Å². The normalized spacial score (nSPS) is 10.4. The summed E-state index contributed by atoms with van der Waals surface area (Å²) in [6.07, 6.45) is 3.61. The molecule has 0 atom stereocenters. The maximum Gasteiger partial charge on any atom is 0.0687 e. The molecule has 0 radical (unpaired) electrons. The molecule has 1 aromatic carbocycles. The van der Waals surface area contributed by atoms with E-state index in [9.17, 15) is 5.11 Å². The molecule has 0 bridgehead atoms. The Morgan fingerprint density at radius 1 is 1.19 bits per heavy atom. The lowest BCUT2D eigenvalue weighted by Crippen LogP contribution is -1.92. The highest BCUT2D eigenvalue weighted by Gasteiger charge is 2.08. The minimum absolute atomic E-state index is 0.0438. The zero-order chi connectivity index (χ0) is 11.5. The second-order valence-corrected chi connectivity index (χ2v) is 4.46. The molecule has 0 aliphatic carbocycles. The van der Waals surface area contributed by atoms with Crippen molar-refractivity contribution in [1.29, 1.82) is 0 Å². The third-order valence-electron chi connectivity index (χ3n) is 2.63. The summed E-state index contributed by atoms with van der Waals surface area (Å²) in [5.74, 6) is 0. The zero-order valence-electron chi connectivity index (χ0n) is 8.94. The Morgan fingerprint density at radius 3 is 2.69 bits per heavy atom. The van der Waals surface area contributed by atoms with Gasteiger partial charge in [0.15, 0.2) is 0 Å². The molecule has 0 saturated heterocycles. The number of hydrogen-bond donors (Lipinski definition) is 1. The second-order valence-electron chi connectivity index (χ2n) is 3.61. The van der Waals surface area contributed by atoms with Crippen molar-refractivity contribution in [1.82, 2.24) is 4.98 Å². The van der Waals surface area contributed by atoms with Crippen LogP contribution >= 0.6 is 15.9 Å². The number of rotatable bonds is 2. The predicted octanol–water partition coefficient (Wildman–Crippen LogP) is 3.31. The summed E-state index contributed by atoms with van der Waals surface area (Å²) in [6, 6.07) is 7.82. The molecule has 0 spiro atoms. The maximum atomic E-state index is 9.31. The third-order valence-corrected chi connectivity index (χ3v) is 3.43. The molecule has 1 aromatic heterocycles. The van der Waals surface area contributed by atoms with Crippen LogP contribution in [0.4, 0.5) is 0 Å². The first-order valence-electron chi connectivity index (χ1n) is 5.03. The standard InChI is InChI=1S/C13H12BrNO/c1-9-12(6-15-7-13(9)14)11-5-3-2-4-10(11)8-16/h2-7,16H,8H2,1H3. The molecule has 0 aliphatic heterocycles. The van der Waals surface area contributed by atoms with Gasteiger partial charge in [0.05, 0.1) is 6.61 Å². The van der Waals surface area contributed by atoms with Gasteiger partial charge in [-0.3, -0.25) is 4.98 Å². The van der Waals surface area contributed by atoms with Gasteiger partial charge >= 0.3 is 0 Å². The molecule has 2 aromatic rings. The van der Waals surface area contributed by atoms with Crippen molar-refractivity contribution in [3.63, 3.8) is 0 Å². The largest absolute Gasteiger partial charge is 0.392 e. The number of pyridine rings is 1. The van der Waals surface area contributed by atoms with Gasteiger partial charge in [-0.1, -0.05) is 24.3 Å². The fourth-order valence-corrected chi connectivity index (χ4v) is 2.02. The van der Waals surface area contributed by atoms with E-state index in [0.717, 1.165) is 26.7 Å². The minimum Gasteiger partial charge on any atom is -0.392 e. The first-order valence-corrected chi connectivity index (χ1v) is 5.82. The van der Waals surface area contributed by atoms with Crippen LogP contribution in [0.15, 0.2) is 41.1 Å². The Morgan fingerprint density at radius 2 is 1.94 bits per heavy atom. The van der Waals surface area contributed by atoms with Crippen LogP contribution in [0.1, 0.15) is 11.1 Å². The summed E-state index contributed by atoms with van der Waals surface area (Å²) >= 11 is 3.46. The van der Waals surface area contributed by atoms with Crippen LogP contribution in [0.3, 0.4) is 0 Å². The number of aliphatic hydroxyl groups is 1. The van der Waals surface area contributed by atoms with Gasteiger partial charge in [-0.25, -0.2) is 0 Å². The van der Waals surface area contributed by atoms with Crippen LogP contribution in [0.5, 0.6) is 0 Å². The van der Waals surface area contributed by atoms with E-state index >= 15 is 0 Å². The Balaban J connectivity index is 2.63. The van der Waals surface area contributed by atoms with Gasteiger partial charge < -0.3 is 5.11 Å². The highest BCUT2D eigenvalue weighted by atomic mass is 79.9. The molecule has 1 N–H and O–H groups in total. The molecule has 2 rings (SSSR count). The molecule has 0 saturated carbocycles. The zero-order valence-corrected chi connectivity index (χ0v) is 10.5. The average molecular weight is 278 g/mol. The van der Waals surface area contributed by atoms with Gasteiger partial charge in [-0.15, -0.1) is 0 Å². The van der Waals surface area contributed by atoms with E-state index in [1.807, 2.05) is 37.4 Å². The lowest BCUT2D eigenvalue weighted by molar-refractivity contribution is 0.282. The topological polar surface area (TPSA) is 33.1 Å². The van der Waals surface area contributed by atoms with Gasteiger partial charge in [-0.2, -0.15) is 0 Å². The van der Waals surface area contributed by atoms with Gasteiger partial charge in [0.1, 0.15) is 0 Å². The summed E-state index contributed by atoms with van der Waals surface area (Å²) in [4.78, 5) is 4.17. The molecule has 16 heavy (non-hydrogen) atoms. The van der Waals surface area contributed by atoms with E-state index in [1.165, 1.54) is 0 Å². The van der Waals surface area contributed by atoms with Crippen molar-refractivity contribution < 1.29 is 5.11 Å².